The van der Waals surface area contributed by atoms with Crippen molar-refractivity contribution in [3.63, 3.8) is 0 Å². The number of methoxy groups -OCH3 is 2. The molecule has 0 radical (unpaired) electrons. The highest BCUT2D eigenvalue weighted by molar-refractivity contribution is 6.52. The van der Waals surface area contributed by atoms with Crippen LogP contribution >= 0.6 is 23.2 Å². The number of carbonyl (C=O) groups excluding carboxylic acids is 2. The first-order chi connectivity index (χ1) is 19.1. The summed E-state index contributed by atoms with van der Waals surface area (Å²) in [5.41, 5.74) is 0.838. The Hall–Kier alpha value is -3.88. The Morgan fingerprint density at radius 1 is 0.975 bits per heavy atom. The van der Waals surface area contributed by atoms with E-state index in [-0.39, 0.29) is 38.8 Å². The smallest absolute Gasteiger partial charge is 0.300 e. The van der Waals surface area contributed by atoms with Crippen molar-refractivity contribution in [2.24, 2.45) is 0 Å². The highest BCUT2D eigenvalue weighted by Gasteiger charge is 2.47. The van der Waals surface area contributed by atoms with Gasteiger partial charge in [0, 0.05) is 11.8 Å². The average molecular weight is 586 g/mol. The Balaban J connectivity index is 1.97. The van der Waals surface area contributed by atoms with Gasteiger partial charge in [0.15, 0.2) is 11.5 Å². The molecule has 0 spiro atoms. The van der Waals surface area contributed by atoms with Crippen LogP contribution in [-0.2, 0) is 9.59 Å². The van der Waals surface area contributed by atoms with Crippen LogP contribution in [0, 0.1) is 0 Å². The molecule has 8 nitrogen and oxygen atoms in total. The van der Waals surface area contributed by atoms with Crippen molar-refractivity contribution in [2.75, 3.05) is 25.7 Å². The summed E-state index contributed by atoms with van der Waals surface area (Å²) in [4.78, 5) is 28.5. The molecule has 3 aromatic rings. The van der Waals surface area contributed by atoms with Crippen molar-refractivity contribution in [2.45, 2.75) is 32.9 Å². The molecule has 1 aliphatic rings. The Morgan fingerprint density at radius 3 is 2.25 bits per heavy atom. The minimum atomic E-state index is -1.01. The summed E-state index contributed by atoms with van der Waals surface area (Å²) in [6, 6.07) is 14.2. The van der Waals surface area contributed by atoms with Crippen LogP contribution in [0.15, 0.2) is 60.2 Å². The van der Waals surface area contributed by atoms with Crippen molar-refractivity contribution < 1.29 is 33.6 Å². The maximum Gasteiger partial charge on any atom is 0.300 e. The standard InChI is InChI=1S/C30H29Cl2NO7/c1-6-39-20-9-7-8-18(14-20)33-25(17-10-12-19(13-11-17)40-16(2)3)23(27(35)30(33)36)26(34)21-15-22(31)29(38-5)24(32)28(21)37-4/h7-16,25,34H,6H2,1-5H3/b26-23+. The molecule has 10 heteroatoms. The summed E-state index contributed by atoms with van der Waals surface area (Å²) in [5.74, 6) is -0.908. The zero-order chi connectivity index (χ0) is 29.1. The quantitative estimate of drug-likeness (QED) is 0.167. The second-order valence-corrected chi connectivity index (χ2v) is 9.91. The van der Waals surface area contributed by atoms with E-state index in [9.17, 15) is 14.7 Å². The van der Waals surface area contributed by atoms with Gasteiger partial charge in [-0.05, 0) is 56.7 Å². The lowest BCUT2D eigenvalue weighted by Gasteiger charge is -2.26. The lowest BCUT2D eigenvalue weighted by molar-refractivity contribution is -0.132. The normalized spacial score (nSPS) is 16.4. The number of nitrogens with zero attached hydrogens (tertiary/aromatic N) is 1. The van der Waals surface area contributed by atoms with Gasteiger partial charge >= 0.3 is 0 Å². The van der Waals surface area contributed by atoms with E-state index in [1.165, 1.54) is 25.2 Å². The summed E-state index contributed by atoms with van der Waals surface area (Å²) >= 11 is 12.8. The van der Waals surface area contributed by atoms with Gasteiger partial charge in [-0.2, -0.15) is 0 Å². The molecular weight excluding hydrogens is 557 g/mol. The van der Waals surface area contributed by atoms with Crippen molar-refractivity contribution in [1.82, 2.24) is 0 Å². The van der Waals surface area contributed by atoms with Crippen molar-refractivity contribution in [3.8, 4) is 23.0 Å². The van der Waals surface area contributed by atoms with E-state index < -0.39 is 23.5 Å². The summed E-state index contributed by atoms with van der Waals surface area (Å²) in [6.45, 7) is 6.08. The lowest BCUT2D eigenvalue weighted by atomic mass is 9.94. The minimum Gasteiger partial charge on any atom is -0.507 e. The SMILES string of the molecule is CCOc1cccc(N2C(=O)C(=O)/C(=C(/O)c3cc(Cl)c(OC)c(Cl)c3OC)C2c2ccc(OC(C)C)cc2)c1. The van der Waals surface area contributed by atoms with Gasteiger partial charge in [-0.15, -0.1) is 0 Å². The second kappa shape index (κ2) is 12.1. The molecule has 0 aliphatic carbocycles. The Kier molecular flexibility index (Phi) is 8.81. The summed E-state index contributed by atoms with van der Waals surface area (Å²) < 4.78 is 22.1. The van der Waals surface area contributed by atoms with E-state index >= 15 is 0 Å². The van der Waals surface area contributed by atoms with E-state index in [1.54, 1.807) is 48.5 Å². The number of amides is 1. The van der Waals surface area contributed by atoms with Gasteiger partial charge in [0.05, 0.1) is 49.1 Å². The zero-order valence-corrected chi connectivity index (χ0v) is 24.2. The molecule has 0 aromatic heterocycles. The van der Waals surface area contributed by atoms with E-state index in [2.05, 4.69) is 0 Å². The largest absolute Gasteiger partial charge is 0.507 e. The molecule has 1 fully saturated rings. The molecule has 1 N–H and O–H groups in total. The van der Waals surface area contributed by atoms with Crippen molar-refractivity contribution in [1.29, 1.82) is 0 Å². The zero-order valence-electron chi connectivity index (χ0n) is 22.7. The van der Waals surface area contributed by atoms with E-state index in [4.69, 9.17) is 42.1 Å². The van der Waals surface area contributed by atoms with Crippen molar-refractivity contribution >= 4 is 46.3 Å². The minimum absolute atomic E-state index is 0.00410. The summed E-state index contributed by atoms with van der Waals surface area (Å²) in [6.07, 6.45) is -0.0465. The number of benzene rings is 3. The van der Waals surface area contributed by atoms with Gasteiger partial charge in [-0.3, -0.25) is 14.5 Å². The van der Waals surface area contributed by atoms with Crippen molar-refractivity contribution in [3.05, 3.63) is 81.3 Å². The average Bonchev–Trinajstić information content (AvgIpc) is 3.18. The number of hydrogen-bond acceptors (Lipinski definition) is 7. The molecule has 1 saturated heterocycles. The van der Waals surface area contributed by atoms with E-state index in [1.807, 2.05) is 20.8 Å². The van der Waals surface area contributed by atoms with Crippen LogP contribution in [-0.4, -0.2) is 43.7 Å². The number of aliphatic hydroxyl groups is 1. The van der Waals surface area contributed by atoms with E-state index in [0.29, 0.717) is 29.4 Å². The molecule has 40 heavy (non-hydrogen) atoms. The molecular formula is C30H29Cl2NO7. The first-order valence-electron chi connectivity index (χ1n) is 12.5. The molecule has 1 atom stereocenters. The fourth-order valence-corrected chi connectivity index (χ4v) is 5.28. The maximum atomic E-state index is 13.6. The third kappa shape index (κ3) is 5.42. The molecule has 1 aliphatic heterocycles. The first-order valence-corrected chi connectivity index (χ1v) is 13.3. The van der Waals surface area contributed by atoms with Crippen LogP contribution < -0.4 is 23.8 Å². The van der Waals surface area contributed by atoms with Crippen LogP contribution in [0.2, 0.25) is 10.0 Å². The number of ketones is 1. The van der Waals surface area contributed by atoms with Gasteiger partial charge in [-0.25, -0.2) is 0 Å². The molecule has 1 amide bonds. The highest BCUT2D eigenvalue weighted by atomic mass is 35.5. The van der Waals surface area contributed by atoms with Gasteiger partial charge in [0.25, 0.3) is 11.7 Å². The fraction of sp³-hybridized carbons (Fsp3) is 0.267. The van der Waals surface area contributed by atoms with Crippen LogP contribution in [0.3, 0.4) is 0 Å². The molecule has 4 rings (SSSR count). The topological polar surface area (TPSA) is 94.5 Å². The predicted molar refractivity (Wildman–Crippen MR) is 154 cm³/mol. The van der Waals surface area contributed by atoms with Gasteiger partial charge < -0.3 is 24.1 Å². The number of carbonyl (C=O) groups is 2. The molecule has 1 unspecified atom stereocenters. The number of halogens is 2. The highest BCUT2D eigenvalue weighted by Crippen LogP contribution is 2.48. The van der Waals surface area contributed by atoms with Crippen LogP contribution in [0.5, 0.6) is 23.0 Å². The number of anilines is 1. The molecule has 3 aromatic carbocycles. The monoisotopic (exact) mass is 585 g/mol. The number of aliphatic hydroxyl groups excluding tert-OH is 1. The number of rotatable bonds is 9. The van der Waals surface area contributed by atoms with E-state index in [0.717, 1.165) is 0 Å². The van der Waals surface area contributed by atoms with Crippen LogP contribution in [0.4, 0.5) is 5.69 Å². The Bertz CT molecular complexity index is 1470. The first kappa shape index (κ1) is 29.1. The predicted octanol–water partition coefficient (Wildman–Crippen LogP) is 6.82. The third-order valence-corrected chi connectivity index (χ3v) is 6.84. The second-order valence-electron chi connectivity index (χ2n) is 9.12. The van der Waals surface area contributed by atoms with Crippen LogP contribution in [0.25, 0.3) is 5.76 Å². The summed E-state index contributed by atoms with van der Waals surface area (Å²) in [5, 5.41) is 11.7. The fourth-order valence-electron chi connectivity index (χ4n) is 4.60. The number of ether oxygens (including phenoxy) is 4. The lowest BCUT2D eigenvalue weighted by Crippen LogP contribution is -2.29. The molecule has 0 bridgehead atoms. The van der Waals surface area contributed by atoms with Gasteiger partial charge in [0.2, 0.25) is 0 Å². The van der Waals surface area contributed by atoms with Gasteiger partial charge in [0.1, 0.15) is 22.3 Å². The summed E-state index contributed by atoms with van der Waals surface area (Å²) in [7, 11) is 2.74. The third-order valence-electron chi connectivity index (χ3n) is 6.21. The molecule has 0 saturated carbocycles. The van der Waals surface area contributed by atoms with Gasteiger partial charge in [-0.1, -0.05) is 41.4 Å². The number of Topliss-reactive ketones (excluding diaryl/α,β-unsaturated/α-hetero) is 1. The Labute approximate surface area is 242 Å². The Morgan fingerprint density at radius 2 is 1.65 bits per heavy atom. The maximum absolute atomic E-state index is 13.6. The molecule has 210 valence electrons. The number of hydrogen-bond donors (Lipinski definition) is 1. The molecule has 1 heterocycles. The van der Waals surface area contributed by atoms with Crippen LogP contribution in [0.1, 0.15) is 37.9 Å².